The van der Waals surface area contributed by atoms with Gasteiger partial charge in [0.25, 0.3) is 0 Å². The lowest BCUT2D eigenvalue weighted by Crippen LogP contribution is -2.46. The molecular weight excluding hydrogens is 251 g/mol. The first-order valence-electron chi connectivity index (χ1n) is 5.96. The highest BCUT2D eigenvalue weighted by atomic mass is 19.4. The molecule has 0 aromatic carbocycles. The van der Waals surface area contributed by atoms with Crippen LogP contribution in [0.1, 0.15) is 19.8 Å². The summed E-state index contributed by atoms with van der Waals surface area (Å²) < 4.78 is 41.9. The van der Waals surface area contributed by atoms with Gasteiger partial charge in [-0.25, -0.2) is 0 Å². The average Bonchev–Trinajstić information content (AvgIpc) is 2.34. The van der Waals surface area contributed by atoms with Gasteiger partial charge in [-0.1, -0.05) is 0 Å². The third-order valence-electron chi connectivity index (χ3n) is 3.10. The first-order chi connectivity index (χ1) is 8.36. The largest absolute Gasteiger partial charge is 0.414 e. The first-order valence-corrected chi connectivity index (χ1v) is 5.96. The molecule has 1 rings (SSSR count). The highest BCUT2D eigenvalue weighted by Crippen LogP contribution is 2.31. The van der Waals surface area contributed by atoms with Gasteiger partial charge in [0.2, 0.25) is 5.91 Å². The van der Waals surface area contributed by atoms with Crippen LogP contribution in [0.2, 0.25) is 0 Å². The minimum Gasteiger partial charge on any atom is -0.383 e. The van der Waals surface area contributed by atoms with Gasteiger partial charge in [-0.15, -0.1) is 0 Å². The van der Waals surface area contributed by atoms with Crippen molar-refractivity contribution in [2.75, 3.05) is 26.3 Å². The summed E-state index contributed by atoms with van der Waals surface area (Å²) in [4.78, 5) is 13.0. The number of hydrogen-bond donors (Lipinski definition) is 1. The fraction of sp³-hybridized carbons (Fsp3) is 0.909. The number of aliphatic hydroxyl groups is 1. The lowest BCUT2D eigenvalue weighted by Gasteiger charge is -2.34. The minimum atomic E-state index is -4.58. The van der Waals surface area contributed by atoms with Crippen LogP contribution in [0.15, 0.2) is 0 Å². The van der Waals surface area contributed by atoms with E-state index in [9.17, 15) is 18.0 Å². The highest BCUT2D eigenvalue weighted by Gasteiger charge is 2.44. The Morgan fingerprint density at radius 2 is 2.00 bits per heavy atom. The maximum Gasteiger partial charge on any atom is 0.414 e. The Morgan fingerprint density at radius 3 is 2.44 bits per heavy atom. The smallest absolute Gasteiger partial charge is 0.383 e. The number of aliphatic hydroxyl groups excluding tert-OH is 1. The molecule has 1 N–H and O–H groups in total. The van der Waals surface area contributed by atoms with Crippen molar-refractivity contribution in [1.29, 1.82) is 0 Å². The number of rotatable bonds is 4. The molecule has 0 spiro atoms. The van der Waals surface area contributed by atoms with Gasteiger partial charge in [0, 0.05) is 19.7 Å². The van der Waals surface area contributed by atoms with Gasteiger partial charge in [-0.05, 0) is 25.7 Å². The van der Waals surface area contributed by atoms with Crippen LogP contribution in [-0.2, 0) is 9.53 Å². The van der Waals surface area contributed by atoms with Crippen LogP contribution in [0.3, 0.4) is 0 Å². The molecule has 1 saturated heterocycles. The molecule has 18 heavy (non-hydrogen) atoms. The summed E-state index contributed by atoms with van der Waals surface area (Å²) in [5.74, 6) is -1.03. The van der Waals surface area contributed by atoms with Gasteiger partial charge >= 0.3 is 6.18 Å². The zero-order valence-corrected chi connectivity index (χ0v) is 10.2. The molecule has 1 fully saturated rings. The standard InChI is InChI=1S/C11H18F3NO3/c1-2-18-7-9(16)15-5-3-8(4-6-15)10(17)11(12,13)14/h8,10,17H,2-7H2,1H3. The maximum atomic E-state index is 12.3. The second-order valence-electron chi connectivity index (χ2n) is 4.34. The summed E-state index contributed by atoms with van der Waals surface area (Å²) >= 11 is 0. The molecule has 1 heterocycles. The summed E-state index contributed by atoms with van der Waals surface area (Å²) in [7, 11) is 0. The van der Waals surface area contributed by atoms with Crippen molar-refractivity contribution >= 4 is 5.91 Å². The van der Waals surface area contributed by atoms with Crippen molar-refractivity contribution in [3.8, 4) is 0 Å². The molecule has 0 aliphatic carbocycles. The fourth-order valence-electron chi connectivity index (χ4n) is 2.01. The van der Waals surface area contributed by atoms with Crippen LogP contribution >= 0.6 is 0 Å². The molecule has 1 unspecified atom stereocenters. The normalized spacial score (nSPS) is 19.9. The van der Waals surface area contributed by atoms with Crippen molar-refractivity contribution in [1.82, 2.24) is 4.90 Å². The number of hydrogen-bond acceptors (Lipinski definition) is 3. The van der Waals surface area contributed by atoms with E-state index in [2.05, 4.69) is 0 Å². The average molecular weight is 269 g/mol. The maximum absolute atomic E-state index is 12.3. The lowest BCUT2D eigenvalue weighted by atomic mass is 9.91. The van der Waals surface area contributed by atoms with Crippen molar-refractivity contribution in [2.24, 2.45) is 5.92 Å². The molecular formula is C11H18F3NO3. The summed E-state index contributed by atoms with van der Waals surface area (Å²) in [6.07, 6.45) is -6.54. The van der Waals surface area contributed by atoms with Crippen molar-refractivity contribution in [3.63, 3.8) is 0 Å². The van der Waals surface area contributed by atoms with Gasteiger partial charge in [0.1, 0.15) is 6.61 Å². The number of nitrogens with zero attached hydrogens (tertiary/aromatic N) is 1. The van der Waals surface area contributed by atoms with Gasteiger partial charge < -0.3 is 14.7 Å². The summed E-state index contributed by atoms with van der Waals surface area (Å²) in [5.41, 5.74) is 0. The minimum absolute atomic E-state index is 0.0387. The fourth-order valence-corrected chi connectivity index (χ4v) is 2.01. The zero-order valence-electron chi connectivity index (χ0n) is 10.2. The topological polar surface area (TPSA) is 49.8 Å². The molecule has 0 aromatic rings. The van der Waals surface area contributed by atoms with Crippen LogP contribution in [0.25, 0.3) is 0 Å². The number of halogens is 3. The van der Waals surface area contributed by atoms with E-state index in [4.69, 9.17) is 9.84 Å². The van der Waals surface area contributed by atoms with E-state index in [1.165, 1.54) is 4.90 Å². The zero-order chi connectivity index (χ0) is 13.8. The Hall–Kier alpha value is -0.820. The van der Waals surface area contributed by atoms with E-state index >= 15 is 0 Å². The van der Waals surface area contributed by atoms with Gasteiger partial charge in [0.05, 0.1) is 0 Å². The highest BCUT2D eigenvalue weighted by molar-refractivity contribution is 5.77. The monoisotopic (exact) mass is 269 g/mol. The third-order valence-corrected chi connectivity index (χ3v) is 3.10. The molecule has 1 amide bonds. The number of piperidine rings is 1. The van der Waals surface area contributed by atoms with Crippen molar-refractivity contribution in [3.05, 3.63) is 0 Å². The van der Waals surface area contributed by atoms with E-state index in [0.29, 0.717) is 6.61 Å². The van der Waals surface area contributed by atoms with E-state index in [1.54, 1.807) is 6.92 Å². The predicted octanol–water partition coefficient (Wildman–Crippen LogP) is 1.18. The van der Waals surface area contributed by atoms with Crippen LogP contribution in [0.4, 0.5) is 13.2 Å². The molecule has 0 radical (unpaired) electrons. The molecule has 4 nitrogen and oxygen atoms in total. The predicted molar refractivity (Wildman–Crippen MR) is 57.9 cm³/mol. The number of carbonyl (C=O) groups excluding carboxylic acids is 1. The molecule has 7 heteroatoms. The Balaban J connectivity index is 2.39. The molecule has 0 saturated carbocycles. The number of ether oxygens (including phenoxy) is 1. The summed E-state index contributed by atoms with van der Waals surface area (Å²) in [5, 5.41) is 9.12. The molecule has 1 atom stereocenters. The molecule has 0 aromatic heterocycles. The number of amides is 1. The van der Waals surface area contributed by atoms with Crippen LogP contribution in [0, 0.1) is 5.92 Å². The van der Waals surface area contributed by atoms with Crippen molar-refractivity contribution in [2.45, 2.75) is 32.0 Å². The third kappa shape index (κ3) is 4.13. The Morgan fingerprint density at radius 1 is 1.44 bits per heavy atom. The summed E-state index contributed by atoms with van der Waals surface area (Å²) in [6.45, 7) is 2.63. The molecule has 1 aliphatic heterocycles. The van der Waals surface area contributed by atoms with Gasteiger partial charge in [0.15, 0.2) is 6.10 Å². The molecule has 1 aliphatic rings. The Bertz CT molecular complexity index is 275. The van der Waals surface area contributed by atoms with Crippen LogP contribution < -0.4 is 0 Å². The van der Waals surface area contributed by atoms with Crippen LogP contribution in [0.5, 0.6) is 0 Å². The van der Waals surface area contributed by atoms with Crippen LogP contribution in [-0.4, -0.2) is 54.5 Å². The second-order valence-corrected chi connectivity index (χ2v) is 4.34. The van der Waals surface area contributed by atoms with Gasteiger partial charge in [-0.3, -0.25) is 4.79 Å². The quantitative estimate of drug-likeness (QED) is 0.834. The summed E-state index contributed by atoms with van der Waals surface area (Å²) in [6, 6.07) is 0. The number of carbonyl (C=O) groups is 1. The number of alkyl halides is 3. The Labute approximate surface area is 104 Å². The SMILES string of the molecule is CCOCC(=O)N1CCC(C(O)C(F)(F)F)CC1. The van der Waals surface area contributed by atoms with Crippen molar-refractivity contribution < 1.29 is 27.8 Å². The van der Waals surface area contributed by atoms with E-state index < -0.39 is 18.2 Å². The van der Waals surface area contributed by atoms with Gasteiger partial charge in [-0.2, -0.15) is 13.2 Å². The van der Waals surface area contributed by atoms with E-state index in [-0.39, 0.29) is 38.4 Å². The molecule has 0 bridgehead atoms. The lowest BCUT2D eigenvalue weighted by molar-refractivity contribution is -0.223. The Kier molecular flexibility index (Phi) is 5.40. The molecule has 106 valence electrons. The van der Waals surface area contributed by atoms with E-state index in [0.717, 1.165) is 0 Å². The number of likely N-dealkylation sites (tertiary alicyclic amines) is 1. The first kappa shape index (κ1) is 15.2. The van der Waals surface area contributed by atoms with E-state index in [1.807, 2.05) is 0 Å². The second kappa shape index (κ2) is 6.38.